The van der Waals surface area contributed by atoms with Crippen molar-refractivity contribution in [2.45, 2.75) is 12.3 Å². The Balaban J connectivity index is 1.74. The number of benzene rings is 2. The Kier molecular flexibility index (Phi) is 4.16. The lowest BCUT2D eigenvalue weighted by molar-refractivity contribution is -0.116. The van der Waals surface area contributed by atoms with Crippen molar-refractivity contribution in [3.8, 4) is 23.0 Å². The number of hydrogen-bond donors (Lipinski definition) is 1. The molecule has 0 aromatic heterocycles. The molecule has 1 unspecified atom stereocenters. The first kappa shape index (κ1) is 16.3. The molecule has 6 heteroatoms. The van der Waals surface area contributed by atoms with E-state index in [-0.39, 0.29) is 18.6 Å². The molecule has 0 aliphatic carbocycles. The minimum Gasteiger partial charge on any atom is -0.493 e. The molecule has 2 aromatic rings. The van der Waals surface area contributed by atoms with Crippen LogP contribution in [0.15, 0.2) is 43.0 Å². The lowest BCUT2D eigenvalue weighted by Gasteiger charge is -2.27. The Labute approximate surface area is 151 Å². The van der Waals surface area contributed by atoms with Crippen LogP contribution in [0.1, 0.15) is 23.5 Å². The van der Waals surface area contributed by atoms with Crippen molar-refractivity contribution in [3.05, 3.63) is 54.1 Å². The fourth-order valence-corrected chi connectivity index (χ4v) is 3.34. The van der Waals surface area contributed by atoms with Crippen molar-refractivity contribution < 1.29 is 23.7 Å². The number of carbonyl (C=O) groups excluding carboxylic acids is 1. The quantitative estimate of drug-likeness (QED) is 0.834. The molecule has 0 saturated carbocycles. The molecule has 2 heterocycles. The van der Waals surface area contributed by atoms with E-state index in [2.05, 4.69) is 11.9 Å². The second-order valence-electron chi connectivity index (χ2n) is 6.11. The molecule has 2 aliphatic heterocycles. The highest BCUT2D eigenvalue weighted by molar-refractivity contribution is 5.95. The van der Waals surface area contributed by atoms with Crippen molar-refractivity contribution in [2.24, 2.45) is 0 Å². The van der Waals surface area contributed by atoms with E-state index in [1.54, 1.807) is 13.2 Å². The van der Waals surface area contributed by atoms with Gasteiger partial charge in [-0.15, -0.1) is 0 Å². The predicted octanol–water partition coefficient (Wildman–Crippen LogP) is 3.46. The second-order valence-corrected chi connectivity index (χ2v) is 6.11. The maximum absolute atomic E-state index is 12.3. The van der Waals surface area contributed by atoms with E-state index in [1.807, 2.05) is 30.3 Å². The van der Waals surface area contributed by atoms with E-state index in [0.29, 0.717) is 36.0 Å². The summed E-state index contributed by atoms with van der Waals surface area (Å²) in [7, 11) is 1.59. The third-order valence-electron chi connectivity index (χ3n) is 4.51. The number of fused-ring (bicyclic) bond motifs is 2. The highest BCUT2D eigenvalue weighted by Crippen LogP contribution is 2.46. The summed E-state index contributed by atoms with van der Waals surface area (Å²) in [6, 6.07) is 9.54. The van der Waals surface area contributed by atoms with Gasteiger partial charge in [-0.1, -0.05) is 18.7 Å². The van der Waals surface area contributed by atoms with Crippen molar-refractivity contribution in [2.75, 3.05) is 25.8 Å². The fourth-order valence-electron chi connectivity index (χ4n) is 3.34. The Morgan fingerprint density at radius 3 is 3.00 bits per heavy atom. The molecule has 2 aromatic carbocycles. The predicted molar refractivity (Wildman–Crippen MR) is 96.3 cm³/mol. The summed E-state index contributed by atoms with van der Waals surface area (Å²) in [6.07, 6.45) is 2.03. The molecule has 0 bridgehead atoms. The van der Waals surface area contributed by atoms with E-state index in [4.69, 9.17) is 18.9 Å². The topological polar surface area (TPSA) is 66.0 Å². The third-order valence-corrected chi connectivity index (χ3v) is 4.51. The number of rotatable bonds is 5. The highest BCUT2D eigenvalue weighted by atomic mass is 16.7. The van der Waals surface area contributed by atoms with E-state index < -0.39 is 0 Å². The van der Waals surface area contributed by atoms with Crippen molar-refractivity contribution in [1.82, 2.24) is 0 Å². The smallest absolute Gasteiger partial charge is 0.231 e. The number of hydrogen-bond acceptors (Lipinski definition) is 5. The maximum Gasteiger partial charge on any atom is 0.231 e. The molecule has 1 amide bonds. The number of anilines is 1. The largest absolute Gasteiger partial charge is 0.493 e. The zero-order valence-electron chi connectivity index (χ0n) is 14.4. The zero-order chi connectivity index (χ0) is 18.1. The van der Waals surface area contributed by atoms with Crippen LogP contribution in [0.3, 0.4) is 0 Å². The summed E-state index contributed by atoms with van der Waals surface area (Å²) in [5.41, 5.74) is 2.72. The number of methoxy groups -OCH3 is 1. The maximum atomic E-state index is 12.3. The molecule has 0 spiro atoms. The minimum atomic E-state index is -0.101. The zero-order valence-corrected chi connectivity index (χ0v) is 14.4. The van der Waals surface area contributed by atoms with Gasteiger partial charge in [0.2, 0.25) is 18.4 Å². The van der Waals surface area contributed by atoms with Gasteiger partial charge >= 0.3 is 0 Å². The fraction of sp³-hybridized carbons (Fsp3) is 0.250. The Hall–Kier alpha value is -3.15. The van der Waals surface area contributed by atoms with Crippen LogP contribution in [0.4, 0.5) is 5.69 Å². The van der Waals surface area contributed by atoms with Crippen molar-refractivity contribution in [3.63, 3.8) is 0 Å². The van der Waals surface area contributed by atoms with Gasteiger partial charge in [-0.3, -0.25) is 4.79 Å². The van der Waals surface area contributed by atoms with Gasteiger partial charge in [0.25, 0.3) is 0 Å². The van der Waals surface area contributed by atoms with Crippen LogP contribution in [0.25, 0.3) is 0 Å². The van der Waals surface area contributed by atoms with Crippen LogP contribution in [0.5, 0.6) is 23.0 Å². The Bertz CT molecular complexity index is 877. The van der Waals surface area contributed by atoms with Gasteiger partial charge in [-0.05, 0) is 29.3 Å². The van der Waals surface area contributed by atoms with Gasteiger partial charge in [-0.25, -0.2) is 0 Å². The lowest BCUT2D eigenvalue weighted by Crippen LogP contribution is -2.23. The third kappa shape index (κ3) is 2.83. The molecule has 4 rings (SSSR count). The summed E-state index contributed by atoms with van der Waals surface area (Å²) < 4.78 is 22.0. The molecular weight excluding hydrogens is 334 g/mol. The standard InChI is InChI=1S/C20H19NO5/c1-3-6-24-13-4-5-14-15(10-19(22)21-16(14)9-13)12-7-17(23-2)20-18(8-12)25-11-26-20/h3-5,7-9,15H,1,6,10-11H2,2H3,(H,21,22). The van der Waals surface area contributed by atoms with E-state index in [1.165, 1.54) is 0 Å². The van der Waals surface area contributed by atoms with E-state index >= 15 is 0 Å². The van der Waals surface area contributed by atoms with Crippen molar-refractivity contribution in [1.29, 1.82) is 0 Å². The van der Waals surface area contributed by atoms with Gasteiger partial charge in [0.05, 0.1) is 7.11 Å². The summed E-state index contributed by atoms with van der Waals surface area (Å²) >= 11 is 0. The van der Waals surface area contributed by atoms with Crippen LogP contribution < -0.4 is 24.3 Å². The van der Waals surface area contributed by atoms with Gasteiger partial charge in [0.1, 0.15) is 12.4 Å². The number of amides is 1. The van der Waals surface area contributed by atoms with Crippen LogP contribution in [-0.4, -0.2) is 26.4 Å². The summed E-state index contributed by atoms with van der Waals surface area (Å²) in [6.45, 7) is 4.22. The van der Waals surface area contributed by atoms with Gasteiger partial charge < -0.3 is 24.3 Å². The summed E-state index contributed by atoms with van der Waals surface area (Å²) in [5, 5.41) is 2.93. The molecule has 0 saturated heterocycles. The van der Waals surface area contributed by atoms with Crippen LogP contribution in [-0.2, 0) is 4.79 Å². The first-order valence-electron chi connectivity index (χ1n) is 8.34. The molecule has 134 valence electrons. The first-order chi connectivity index (χ1) is 12.7. The first-order valence-corrected chi connectivity index (χ1v) is 8.34. The van der Waals surface area contributed by atoms with Crippen molar-refractivity contribution >= 4 is 11.6 Å². The van der Waals surface area contributed by atoms with Crippen LogP contribution >= 0.6 is 0 Å². The molecule has 0 fully saturated rings. The van der Waals surface area contributed by atoms with Crippen LogP contribution in [0.2, 0.25) is 0 Å². The Morgan fingerprint density at radius 1 is 1.31 bits per heavy atom. The average molecular weight is 353 g/mol. The highest BCUT2D eigenvalue weighted by Gasteiger charge is 2.30. The Morgan fingerprint density at radius 2 is 2.19 bits per heavy atom. The van der Waals surface area contributed by atoms with Crippen LogP contribution in [0, 0.1) is 0 Å². The number of ether oxygens (including phenoxy) is 4. The number of carbonyl (C=O) groups is 1. The molecule has 26 heavy (non-hydrogen) atoms. The summed E-state index contributed by atoms with van der Waals surface area (Å²) in [5.74, 6) is 2.39. The molecular formula is C20H19NO5. The average Bonchev–Trinajstić information content (AvgIpc) is 3.13. The number of nitrogens with one attached hydrogen (secondary N) is 1. The molecule has 2 aliphatic rings. The summed E-state index contributed by atoms with van der Waals surface area (Å²) in [4.78, 5) is 12.3. The second kappa shape index (κ2) is 6.63. The molecule has 0 radical (unpaired) electrons. The minimum absolute atomic E-state index is 0.0417. The SMILES string of the molecule is C=CCOc1ccc2c(c1)NC(=O)CC2c1cc(OC)c2c(c1)OCO2. The van der Waals surface area contributed by atoms with Gasteiger partial charge in [0, 0.05) is 24.1 Å². The van der Waals surface area contributed by atoms with Gasteiger partial charge in [-0.2, -0.15) is 0 Å². The van der Waals surface area contributed by atoms with E-state index in [9.17, 15) is 4.79 Å². The molecule has 1 atom stereocenters. The normalized spacial score (nSPS) is 17.3. The molecule has 6 nitrogen and oxygen atoms in total. The monoisotopic (exact) mass is 353 g/mol. The lowest BCUT2D eigenvalue weighted by atomic mass is 9.84. The van der Waals surface area contributed by atoms with E-state index in [0.717, 1.165) is 16.8 Å². The van der Waals surface area contributed by atoms with Gasteiger partial charge in [0.15, 0.2) is 11.5 Å². The molecule has 1 N–H and O–H groups in total.